The fraction of sp³-hybridized carbons (Fsp3) is 0.333. The molecule has 1 aliphatic heterocycles. The summed E-state index contributed by atoms with van der Waals surface area (Å²) in [6, 6.07) is 7.83. The maximum absolute atomic E-state index is 14.0. The van der Waals surface area contributed by atoms with Gasteiger partial charge in [-0.3, -0.25) is 4.72 Å². The van der Waals surface area contributed by atoms with Crippen LogP contribution in [0.4, 0.5) is 15.8 Å². The van der Waals surface area contributed by atoms with Crippen LogP contribution in [0.25, 0.3) is 0 Å². The van der Waals surface area contributed by atoms with E-state index in [1.54, 1.807) is 18.2 Å². The van der Waals surface area contributed by atoms with E-state index in [1.165, 1.54) is 23.5 Å². The Bertz CT molecular complexity index is 781. The Labute approximate surface area is 133 Å². The fourth-order valence-corrected chi connectivity index (χ4v) is 4.86. The lowest BCUT2D eigenvalue weighted by Crippen LogP contribution is -2.18. The predicted molar refractivity (Wildman–Crippen MR) is 87.7 cm³/mol. The largest absolute Gasteiger partial charge is 0.371 e. The number of hydrogen-bond acceptors (Lipinski definition) is 4. The van der Waals surface area contributed by atoms with Crippen LogP contribution in [0, 0.1) is 12.7 Å². The minimum absolute atomic E-state index is 0.00421. The molecule has 22 heavy (non-hydrogen) atoms. The van der Waals surface area contributed by atoms with Gasteiger partial charge in [0.1, 0.15) is 10.0 Å². The highest BCUT2D eigenvalue weighted by atomic mass is 32.2. The average Bonchev–Trinajstić information content (AvgIpc) is 3.12. The molecule has 0 bridgehead atoms. The second-order valence-electron chi connectivity index (χ2n) is 5.33. The number of hydrogen-bond donors (Lipinski definition) is 1. The van der Waals surface area contributed by atoms with Crippen LogP contribution in [-0.2, 0) is 10.0 Å². The van der Waals surface area contributed by atoms with E-state index in [-0.39, 0.29) is 9.90 Å². The van der Waals surface area contributed by atoms with Crippen molar-refractivity contribution in [3.8, 4) is 0 Å². The van der Waals surface area contributed by atoms with E-state index in [9.17, 15) is 12.8 Å². The van der Waals surface area contributed by atoms with Gasteiger partial charge in [0.2, 0.25) is 0 Å². The van der Waals surface area contributed by atoms with Crippen molar-refractivity contribution in [1.29, 1.82) is 0 Å². The van der Waals surface area contributed by atoms with Gasteiger partial charge >= 0.3 is 0 Å². The van der Waals surface area contributed by atoms with Crippen molar-refractivity contribution >= 4 is 32.7 Å². The monoisotopic (exact) mass is 340 g/mol. The quantitative estimate of drug-likeness (QED) is 0.925. The highest BCUT2D eigenvalue weighted by Crippen LogP contribution is 2.29. The molecule has 0 spiro atoms. The van der Waals surface area contributed by atoms with E-state index in [4.69, 9.17) is 0 Å². The van der Waals surface area contributed by atoms with Crippen molar-refractivity contribution in [2.24, 2.45) is 0 Å². The van der Waals surface area contributed by atoms with Gasteiger partial charge in [0.25, 0.3) is 10.0 Å². The Morgan fingerprint density at radius 2 is 1.91 bits per heavy atom. The molecule has 1 aromatic carbocycles. The van der Waals surface area contributed by atoms with E-state index >= 15 is 0 Å². The lowest BCUT2D eigenvalue weighted by Gasteiger charge is -2.19. The Morgan fingerprint density at radius 3 is 2.55 bits per heavy atom. The SMILES string of the molecule is Cc1ccc(S(=O)(=O)Nc2cc(N3CCCC3)ccc2F)s1. The molecule has 0 aliphatic carbocycles. The van der Waals surface area contributed by atoms with Crippen LogP contribution in [0.3, 0.4) is 0 Å². The molecule has 0 amide bonds. The number of sulfonamides is 1. The molecule has 0 radical (unpaired) electrons. The normalized spacial score (nSPS) is 15.3. The van der Waals surface area contributed by atoms with E-state index in [0.29, 0.717) is 0 Å². The van der Waals surface area contributed by atoms with Gasteiger partial charge in [0, 0.05) is 23.7 Å². The minimum atomic E-state index is -3.75. The maximum atomic E-state index is 14.0. The molecule has 1 fully saturated rings. The first-order valence-corrected chi connectivity index (χ1v) is 9.39. The van der Waals surface area contributed by atoms with Gasteiger partial charge < -0.3 is 4.90 Å². The third-order valence-electron chi connectivity index (χ3n) is 3.65. The number of benzene rings is 1. The average molecular weight is 340 g/mol. The van der Waals surface area contributed by atoms with Gasteiger partial charge in [-0.15, -0.1) is 11.3 Å². The molecule has 1 saturated heterocycles. The molecular weight excluding hydrogens is 323 g/mol. The standard InChI is InChI=1S/C15H17FN2O2S2/c1-11-4-7-15(21-11)22(19,20)17-14-10-12(5-6-13(14)16)18-8-2-3-9-18/h4-7,10,17H,2-3,8-9H2,1H3. The summed E-state index contributed by atoms with van der Waals surface area (Å²) in [5.41, 5.74) is 0.842. The number of anilines is 2. The molecule has 0 unspecified atom stereocenters. The van der Waals surface area contributed by atoms with Crippen molar-refractivity contribution < 1.29 is 12.8 Å². The summed E-state index contributed by atoms with van der Waals surface area (Å²) in [6.07, 6.45) is 2.21. The second kappa shape index (κ2) is 5.89. The van der Waals surface area contributed by atoms with Crippen molar-refractivity contribution in [3.63, 3.8) is 0 Å². The molecule has 2 heterocycles. The zero-order valence-electron chi connectivity index (χ0n) is 12.2. The second-order valence-corrected chi connectivity index (χ2v) is 8.53. The molecule has 0 atom stereocenters. The maximum Gasteiger partial charge on any atom is 0.271 e. The molecule has 3 rings (SSSR count). The first kappa shape index (κ1) is 15.3. The molecule has 7 heteroatoms. The summed E-state index contributed by atoms with van der Waals surface area (Å²) in [7, 11) is -3.75. The molecular formula is C15H17FN2O2S2. The van der Waals surface area contributed by atoms with Crippen LogP contribution < -0.4 is 9.62 Å². The molecule has 1 aromatic heterocycles. The highest BCUT2D eigenvalue weighted by Gasteiger charge is 2.20. The van der Waals surface area contributed by atoms with Crippen molar-refractivity contribution in [2.75, 3.05) is 22.7 Å². The summed E-state index contributed by atoms with van der Waals surface area (Å²) >= 11 is 1.17. The number of rotatable bonds is 4. The first-order valence-electron chi connectivity index (χ1n) is 7.09. The van der Waals surface area contributed by atoms with Crippen LogP contribution in [0.1, 0.15) is 17.7 Å². The number of aryl methyl sites for hydroxylation is 1. The van der Waals surface area contributed by atoms with Crippen molar-refractivity contribution in [1.82, 2.24) is 0 Å². The molecule has 4 nitrogen and oxygen atoms in total. The Hall–Kier alpha value is -1.60. The predicted octanol–water partition coefficient (Wildman–Crippen LogP) is 3.60. The van der Waals surface area contributed by atoms with Gasteiger partial charge in [-0.2, -0.15) is 0 Å². The summed E-state index contributed by atoms with van der Waals surface area (Å²) < 4.78 is 41.2. The zero-order valence-corrected chi connectivity index (χ0v) is 13.8. The number of thiophene rings is 1. The third-order valence-corrected chi connectivity index (χ3v) is 6.50. The van der Waals surface area contributed by atoms with Gasteiger partial charge in [-0.1, -0.05) is 0 Å². The smallest absolute Gasteiger partial charge is 0.271 e. The first-order chi connectivity index (χ1) is 10.5. The summed E-state index contributed by atoms with van der Waals surface area (Å²) in [6.45, 7) is 3.67. The topological polar surface area (TPSA) is 49.4 Å². The van der Waals surface area contributed by atoms with E-state index in [0.717, 1.165) is 36.5 Å². The number of halogens is 1. The van der Waals surface area contributed by atoms with Gasteiger partial charge in [-0.25, -0.2) is 12.8 Å². The zero-order chi connectivity index (χ0) is 15.7. The summed E-state index contributed by atoms with van der Waals surface area (Å²) in [5, 5.41) is 0. The van der Waals surface area contributed by atoms with Crippen LogP contribution in [0.2, 0.25) is 0 Å². The summed E-state index contributed by atoms with van der Waals surface area (Å²) in [5.74, 6) is -0.570. The summed E-state index contributed by atoms with van der Waals surface area (Å²) in [4.78, 5) is 3.03. The van der Waals surface area contributed by atoms with E-state index < -0.39 is 15.8 Å². The Morgan fingerprint density at radius 1 is 1.18 bits per heavy atom. The molecule has 2 aromatic rings. The Balaban J connectivity index is 1.89. The third kappa shape index (κ3) is 3.10. The van der Waals surface area contributed by atoms with E-state index in [2.05, 4.69) is 9.62 Å². The van der Waals surface area contributed by atoms with Crippen LogP contribution in [0.5, 0.6) is 0 Å². The van der Waals surface area contributed by atoms with Crippen LogP contribution in [-0.4, -0.2) is 21.5 Å². The van der Waals surface area contributed by atoms with Gasteiger partial charge in [-0.05, 0) is 50.1 Å². The molecule has 118 valence electrons. The number of nitrogens with zero attached hydrogens (tertiary/aromatic N) is 1. The fourth-order valence-electron chi connectivity index (χ4n) is 2.52. The van der Waals surface area contributed by atoms with Crippen molar-refractivity contribution in [2.45, 2.75) is 24.0 Å². The molecule has 1 aliphatic rings. The van der Waals surface area contributed by atoms with E-state index in [1.807, 2.05) is 6.92 Å². The van der Waals surface area contributed by atoms with Crippen molar-refractivity contribution in [3.05, 3.63) is 41.0 Å². The molecule has 1 N–H and O–H groups in total. The molecule has 0 saturated carbocycles. The lowest BCUT2D eigenvalue weighted by molar-refractivity contribution is 0.600. The highest BCUT2D eigenvalue weighted by molar-refractivity contribution is 7.94. The van der Waals surface area contributed by atoms with Gasteiger partial charge in [0.05, 0.1) is 5.69 Å². The Kier molecular flexibility index (Phi) is 4.10. The lowest BCUT2D eigenvalue weighted by atomic mass is 10.2. The number of nitrogens with one attached hydrogen (secondary N) is 1. The minimum Gasteiger partial charge on any atom is -0.371 e. The van der Waals surface area contributed by atoms with Crippen LogP contribution >= 0.6 is 11.3 Å². The van der Waals surface area contributed by atoms with Gasteiger partial charge in [0.15, 0.2) is 0 Å². The van der Waals surface area contributed by atoms with Crippen LogP contribution in [0.15, 0.2) is 34.5 Å².